The van der Waals surface area contributed by atoms with Crippen LogP contribution in [0, 0.1) is 11.6 Å². The van der Waals surface area contributed by atoms with Gasteiger partial charge in [0.15, 0.2) is 0 Å². The average molecular weight is 268 g/mol. The molecule has 0 unspecified atom stereocenters. The van der Waals surface area contributed by atoms with Crippen molar-refractivity contribution in [1.29, 1.82) is 0 Å². The van der Waals surface area contributed by atoms with Gasteiger partial charge >= 0.3 is 0 Å². The van der Waals surface area contributed by atoms with Crippen molar-refractivity contribution >= 4 is 11.6 Å². The predicted octanol–water partition coefficient (Wildman–Crippen LogP) is 4.00. The normalized spacial score (nSPS) is 10.7. The summed E-state index contributed by atoms with van der Waals surface area (Å²) in [6.07, 6.45) is 0. The second-order valence-corrected chi connectivity index (χ2v) is 4.37. The number of hydrogen-bond donors (Lipinski definition) is 1. The summed E-state index contributed by atoms with van der Waals surface area (Å²) in [5, 5.41) is 3.16. The smallest absolute Gasteiger partial charge is 0.128 e. The number of hydrogen-bond acceptors (Lipinski definition) is 1. The summed E-state index contributed by atoms with van der Waals surface area (Å²) in [5.74, 6) is -0.710. The Bertz CT molecular complexity index is 570. The molecule has 0 aliphatic heterocycles. The van der Waals surface area contributed by atoms with Gasteiger partial charge in [0.25, 0.3) is 0 Å². The molecule has 0 aromatic heterocycles. The lowest BCUT2D eigenvalue weighted by Gasteiger charge is -2.08. The zero-order chi connectivity index (χ0) is 13.1. The zero-order valence-electron chi connectivity index (χ0n) is 9.81. The minimum Gasteiger partial charge on any atom is -0.316 e. The highest BCUT2D eigenvalue weighted by Gasteiger charge is 2.08. The van der Waals surface area contributed by atoms with Gasteiger partial charge in [0.05, 0.1) is 5.02 Å². The van der Waals surface area contributed by atoms with Crippen LogP contribution < -0.4 is 5.32 Å². The van der Waals surface area contributed by atoms with Crippen molar-refractivity contribution in [2.75, 3.05) is 7.05 Å². The van der Waals surface area contributed by atoms with E-state index in [2.05, 4.69) is 5.32 Å². The van der Waals surface area contributed by atoms with Crippen LogP contribution in [-0.4, -0.2) is 7.05 Å². The van der Waals surface area contributed by atoms with Crippen LogP contribution in [0.4, 0.5) is 8.78 Å². The topological polar surface area (TPSA) is 12.0 Å². The summed E-state index contributed by atoms with van der Waals surface area (Å²) in [4.78, 5) is 0. The largest absolute Gasteiger partial charge is 0.316 e. The first kappa shape index (κ1) is 13.0. The van der Waals surface area contributed by atoms with Gasteiger partial charge in [0, 0.05) is 17.7 Å². The molecule has 0 fully saturated rings. The van der Waals surface area contributed by atoms with E-state index in [1.54, 1.807) is 25.2 Å². The van der Waals surface area contributed by atoms with Crippen LogP contribution in [0.5, 0.6) is 0 Å². The van der Waals surface area contributed by atoms with Gasteiger partial charge in [-0.3, -0.25) is 0 Å². The maximum Gasteiger partial charge on any atom is 0.128 e. The molecule has 0 radical (unpaired) electrons. The number of benzene rings is 2. The van der Waals surface area contributed by atoms with Crippen molar-refractivity contribution in [2.45, 2.75) is 6.54 Å². The number of halogens is 3. The van der Waals surface area contributed by atoms with E-state index in [1.807, 2.05) is 0 Å². The summed E-state index contributed by atoms with van der Waals surface area (Å²) >= 11 is 5.94. The van der Waals surface area contributed by atoms with E-state index in [0.29, 0.717) is 23.2 Å². The van der Waals surface area contributed by atoms with Gasteiger partial charge in [-0.05, 0) is 36.9 Å². The third kappa shape index (κ3) is 2.68. The number of nitrogens with one attached hydrogen (secondary N) is 1. The lowest BCUT2D eigenvalue weighted by molar-refractivity contribution is 0.601. The minimum absolute atomic E-state index is 0.274. The molecule has 2 aromatic rings. The maximum atomic E-state index is 13.8. The third-order valence-corrected chi connectivity index (χ3v) is 2.98. The molecule has 2 rings (SSSR count). The van der Waals surface area contributed by atoms with Crippen LogP contribution in [0.15, 0.2) is 36.4 Å². The molecule has 94 valence electrons. The van der Waals surface area contributed by atoms with Crippen molar-refractivity contribution in [1.82, 2.24) is 5.32 Å². The molecular weight excluding hydrogens is 256 g/mol. The molecule has 0 amide bonds. The molecule has 1 N–H and O–H groups in total. The highest BCUT2D eigenvalue weighted by molar-refractivity contribution is 6.33. The maximum absolute atomic E-state index is 13.8. The summed E-state index contributed by atoms with van der Waals surface area (Å²) in [6, 6.07) is 8.95. The van der Waals surface area contributed by atoms with E-state index in [0.717, 1.165) is 0 Å². The molecule has 0 aliphatic carbocycles. The second kappa shape index (κ2) is 5.46. The van der Waals surface area contributed by atoms with Crippen molar-refractivity contribution in [3.8, 4) is 11.1 Å². The van der Waals surface area contributed by atoms with E-state index in [9.17, 15) is 8.78 Å². The van der Waals surface area contributed by atoms with Gasteiger partial charge in [-0.2, -0.15) is 0 Å². The van der Waals surface area contributed by atoms with Crippen molar-refractivity contribution < 1.29 is 8.78 Å². The molecule has 0 bridgehead atoms. The van der Waals surface area contributed by atoms with Crippen molar-refractivity contribution in [3.05, 3.63) is 58.6 Å². The van der Waals surface area contributed by atoms with E-state index in [4.69, 9.17) is 11.6 Å². The van der Waals surface area contributed by atoms with E-state index < -0.39 is 5.82 Å². The van der Waals surface area contributed by atoms with Gasteiger partial charge < -0.3 is 5.32 Å². The SMILES string of the molecule is CNCc1ccc(-c2ccc(F)cc2Cl)cc1F. The molecule has 0 aliphatic rings. The first-order valence-electron chi connectivity index (χ1n) is 5.50. The molecule has 2 aromatic carbocycles. The molecule has 0 atom stereocenters. The molecule has 1 nitrogen and oxygen atoms in total. The standard InChI is InChI=1S/C14H12ClF2N/c1-18-8-10-3-2-9(6-14(10)17)12-5-4-11(16)7-13(12)15/h2-7,18H,8H2,1H3. The predicted molar refractivity (Wildman–Crippen MR) is 69.6 cm³/mol. The van der Waals surface area contributed by atoms with Crippen LogP contribution in [0.1, 0.15) is 5.56 Å². The Hall–Kier alpha value is -1.45. The highest BCUT2D eigenvalue weighted by Crippen LogP contribution is 2.29. The molecular formula is C14H12ClF2N. The van der Waals surface area contributed by atoms with Crippen LogP contribution in [0.2, 0.25) is 5.02 Å². The van der Waals surface area contributed by atoms with Crippen molar-refractivity contribution in [2.24, 2.45) is 0 Å². The quantitative estimate of drug-likeness (QED) is 0.886. The lowest BCUT2D eigenvalue weighted by atomic mass is 10.0. The van der Waals surface area contributed by atoms with Crippen molar-refractivity contribution in [3.63, 3.8) is 0 Å². The number of rotatable bonds is 3. The van der Waals surface area contributed by atoms with E-state index in [1.165, 1.54) is 18.2 Å². The van der Waals surface area contributed by atoms with Gasteiger partial charge in [-0.1, -0.05) is 23.7 Å². The Kier molecular flexibility index (Phi) is 3.94. The first-order valence-corrected chi connectivity index (χ1v) is 5.88. The minimum atomic E-state index is -0.406. The summed E-state index contributed by atoms with van der Waals surface area (Å²) in [6.45, 7) is 0.462. The van der Waals surface area contributed by atoms with E-state index >= 15 is 0 Å². The van der Waals surface area contributed by atoms with Gasteiger partial charge in [0.2, 0.25) is 0 Å². The lowest BCUT2D eigenvalue weighted by Crippen LogP contribution is -2.06. The Morgan fingerprint density at radius 2 is 1.89 bits per heavy atom. The van der Waals surface area contributed by atoms with Crippen LogP contribution in [-0.2, 0) is 6.54 Å². The van der Waals surface area contributed by atoms with Crippen LogP contribution in [0.25, 0.3) is 11.1 Å². The van der Waals surface area contributed by atoms with Crippen LogP contribution in [0.3, 0.4) is 0 Å². The Morgan fingerprint density at radius 3 is 2.50 bits per heavy atom. The summed E-state index contributed by atoms with van der Waals surface area (Å²) in [5.41, 5.74) is 1.84. The Labute approximate surface area is 109 Å². The van der Waals surface area contributed by atoms with Gasteiger partial charge in [0.1, 0.15) is 11.6 Å². The molecule has 4 heteroatoms. The fourth-order valence-corrected chi connectivity index (χ4v) is 2.05. The second-order valence-electron chi connectivity index (χ2n) is 3.96. The van der Waals surface area contributed by atoms with Crippen LogP contribution >= 0.6 is 11.6 Å². The molecule has 0 heterocycles. The molecule has 0 saturated carbocycles. The first-order chi connectivity index (χ1) is 8.61. The average Bonchev–Trinajstić information content (AvgIpc) is 2.32. The monoisotopic (exact) mass is 267 g/mol. The Morgan fingerprint density at radius 1 is 1.11 bits per heavy atom. The third-order valence-electron chi connectivity index (χ3n) is 2.66. The van der Waals surface area contributed by atoms with E-state index in [-0.39, 0.29) is 10.8 Å². The fourth-order valence-electron chi connectivity index (χ4n) is 1.77. The van der Waals surface area contributed by atoms with Gasteiger partial charge in [-0.25, -0.2) is 8.78 Å². The molecule has 0 spiro atoms. The highest BCUT2D eigenvalue weighted by atomic mass is 35.5. The molecule has 18 heavy (non-hydrogen) atoms. The summed E-state index contributed by atoms with van der Waals surface area (Å²) in [7, 11) is 1.75. The zero-order valence-corrected chi connectivity index (χ0v) is 10.6. The molecule has 0 saturated heterocycles. The Balaban J connectivity index is 2.42. The fraction of sp³-hybridized carbons (Fsp3) is 0.143. The van der Waals surface area contributed by atoms with Gasteiger partial charge in [-0.15, -0.1) is 0 Å². The summed E-state index contributed by atoms with van der Waals surface area (Å²) < 4.78 is 26.7.